The number of nitrogens with one attached hydrogen (secondary N) is 2. The summed E-state index contributed by atoms with van der Waals surface area (Å²) in [6.07, 6.45) is 6.20. The molecule has 0 unspecified atom stereocenters. The first-order valence-corrected chi connectivity index (χ1v) is 9.52. The van der Waals surface area contributed by atoms with Crippen LogP contribution in [0.25, 0.3) is 0 Å². The molecule has 1 saturated carbocycles. The molecule has 0 aromatic heterocycles. The second-order valence-corrected chi connectivity index (χ2v) is 7.50. The van der Waals surface area contributed by atoms with Crippen molar-refractivity contribution in [1.29, 1.82) is 5.26 Å². The summed E-state index contributed by atoms with van der Waals surface area (Å²) in [7, 11) is -2.36. The Morgan fingerprint density at radius 2 is 1.88 bits per heavy atom. The van der Waals surface area contributed by atoms with Crippen LogP contribution in [0.1, 0.15) is 32.1 Å². The molecule has 1 fully saturated rings. The number of carbonyl (C=O) groups is 1. The molecule has 1 aliphatic rings. The monoisotopic (exact) mass is 363 g/mol. The Labute approximate surface area is 147 Å². The normalized spacial score (nSPS) is 16.1. The predicted molar refractivity (Wildman–Crippen MR) is 93.0 cm³/mol. The summed E-state index contributed by atoms with van der Waals surface area (Å²) >= 11 is 0. The summed E-state index contributed by atoms with van der Waals surface area (Å²) in [5, 5.41) is 11.6. The Bertz CT molecular complexity index is 773. The lowest BCUT2D eigenvalue weighted by molar-refractivity contribution is -0.135. The Morgan fingerprint density at radius 1 is 1.24 bits per heavy atom. The van der Waals surface area contributed by atoms with Crippen molar-refractivity contribution >= 4 is 21.7 Å². The van der Waals surface area contributed by atoms with Gasteiger partial charge in [-0.05, 0) is 37.1 Å². The molecule has 0 aliphatic heterocycles. The van der Waals surface area contributed by atoms with E-state index in [1.165, 1.54) is 25.4 Å². The third kappa shape index (κ3) is 5.31. The predicted octanol–water partition coefficient (Wildman–Crippen LogP) is 2.29. The Kier molecular flexibility index (Phi) is 6.56. The first-order chi connectivity index (χ1) is 12.0. The molecule has 2 rings (SSSR count). The van der Waals surface area contributed by atoms with E-state index < -0.39 is 16.0 Å². The zero-order valence-corrected chi connectivity index (χ0v) is 14.8. The largest absolute Gasteiger partial charge is 0.465 e. The van der Waals surface area contributed by atoms with Crippen LogP contribution in [0.3, 0.4) is 0 Å². The van der Waals surface area contributed by atoms with E-state index in [0.29, 0.717) is 5.69 Å². The zero-order valence-electron chi connectivity index (χ0n) is 14.0. The number of sulfonamides is 1. The topological polar surface area (TPSA) is 108 Å². The van der Waals surface area contributed by atoms with Gasteiger partial charge in [-0.2, -0.15) is 5.26 Å². The van der Waals surface area contributed by atoms with Gasteiger partial charge in [0.1, 0.15) is 6.07 Å². The van der Waals surface area contributed by atoms with Crippen molar-refractivity contribution in [2.24, 2.45) is 0 Å². The van der Waals surface area contributed by atoms with Crippen LogP contribution in [-0.4, -0.2) is 27.5 Å². The van der Waals surface area contributed by atoms with Crippen LogP contribution in [0, 0.1) is 11.3 Å². The average Bonchev–Trinajstić information content (AvgIpc) is 2.62. The van der Waals surface area contributed by atoms with Gasteiger partial charge in [0.2, 0.25) is 10.0 Å². The van der Waals surface area contributed by atoms with Crippen molar-refractivity contribution in [2.45, 2.75) is 43.0 Å². The molecule has 0 amide bonds. The van der Waals surface area contributed by atoms with Gasteiger partial charge in [0.05, 0.1) is 12.0 Å². The van der Waals surface area contributed by atoms with Gasteiger partial charge in [-0.1, -0.05) is 19.3 Å². The molecule has 1 aromatic rings. The fraction of sp³-hybridized carbons (Fsp3) is 0.412. The molecule has 0 heterocycles. The molecule has 0 saturated heterocycles. The molecule has 0 radical (unpaired) electrons. The number of hydrogen-bond donors (Lipinski definition) is 2. The van der Waals surface area contributed by atoms with Gasteiger partial charge < -0.3 is 10.1 Å². The van der Waals surface area contributed by atoms with Crippen molar-refractivity contribution < 1.29 is 17.9 Å². The highest BCUT2D eigenvalue weighted by Crippen LogP contribution is 2.20. The van der Waals surface area contributed by atoms with Gasteiger partial charge >= 0.3 is 5.97 Å². The molecular formula is C17H21N3O4S. The van der Waals surface area contributed by atoms with Gasteiger partial charge in [-0.15, -0.1) is 0 Å². The number of methoxy groups -OCH3 is 1. The molecule has 134 valence electrons. The lowest BCUT2D eigenvalue weighted by atomic mass is 9.96. The summed E-state index contributed by atoms with van der Waals surface area (Å²) in [5.41, 5.74) is 0.367. The van der Waals surface area contributed by atoms with E-state index in [1.54, 1.807) is 18.2 Å². The lowest BCUT2D eigenvalue weighted by Crippen LogP contribution is -2.36. The van der Waals surface area contributed by atoms with Gasteiger partial charge in [0, 0.05) is 17.9 Å². The number of hydrogen-bond acceptors (Lipinski definition) is 6. The van der Waals surface area contributed by atoms with Crippen LogP contribution < -0.4 is 10.0 Å². The molecule has 1 aromatic carbocycles. The summed E-state index contributed by atoms with van der Waals surface area (Å²) in [5.74, 6) is -0.745. The number of esters is 1. The summed E-state index contributed by atoms with van der Waals surface area (Å²) in [6, 6.07) is 7.81. The number of benzene rings is 1. The second-order valence-electron chi connectivity index (χ2n) is 5.79. The summed E-state index contributed by atoms with van der Waals surface area (Å²) in [4.78, 5) is 11.5. The number of anilines is 1. The number of rotatable bonds is 6. The van der Waals surface area contributed by atoms with E-state index in [-0.39, 0.29) is 16.5 Å². The Hall–Kier alpha value is -2.37. The maximum Gasteiger partial charge on any atom is 0.350 e. The highest BCUT2D eigenvalue weighted by atomic mass is 32.2. The van der Waals surface area contributed by atoms with Crippen LogP contribution in [0.4, 0.5) is 5.69 Å². The SMILES string of the molecule is COC(=O)/C(C#N)=C\Nc1ccc(S(=O)(=O)NC2CCCCC2)cc1. The molecule has 8 heteroatoms. The van der Waals surface area contributed by atoms with Crippen molar-refractivity contribution in [3.63, 3.8) is 0 Å². The number of carbonyl (C=O) groups excluding carboxylic acids is 1. The lowest BCUT2D eigenvalue weighted by Gasteiger charge is -2.22. The van der Waals surface area contributed by atoms with Crippen LogP contribution in [0.5, 0.6) is 0 Å². The van der Waals surface area contributed by atoms with Crippen molar-refractivity contribution in [3.8, 4) is 6.07 Å². The highest BCUT2D eigenvalue weighted by Gasteiger charge is 2.21. The molecule has 1 aliphatic carbocycles. The van der Waals surface area contributed by atoms with Crippen LogP contribution in [0.15, 0.2) is 40.9 Å². The van der Waals surface area contributed by atoms with Crippen LogP contribution in [-0.2, 0) is 19.6 Å². The molecule has 0 bridgehead atoms. The van der Waals surface area contributed by atoms with E-state index in [9.17, 15) is 13.2 Å². The maximum absolute atomic E-state index is 12.4. The standard InChI is InChI=1S/C17H21N3O4S/c1-24-17(21)13(11-18)12-19-14-7-9-16(10-8-14)25(22,23)20-15-5-3-2-4-6-15/h7-10,12,15,19-20H,2-6H2,1H3/b13-12-. The smallest absolute Gasteiger partial charge is 0.350 e. The Balaban J connectivity index is 2.04. The highest BCUT2D eigenvalue weighted by molar-refractivity contribution is 7.89. The van der Waals surface area contributed by atoms with Gasteiger partial charge in [0.15, 0.2) is 5.57 Å². The number of nitrogens with zero attached hydrogens (tertiary/aromatic N) is 1. The van der Waals surface area contributed by atoms with Crippen molar-refractivity contribution in [1.82, 2.24) is 4.72 Å². The maximum atomic E-state index is 12.4. The van der Waals surface area contributed by atoms with Gasteiger partial charge in [-0.3, -0.25) is 0 Å². The molecule has 0 atom stereocenters. The van der Waals surface area contributed by atoms with Crippen LogP contribution >= 0.6 is 0 Å². The Morgan fingerprint density at radius 3 is 2.44 bits per heavy atom. The van der Waals surface area contributed by atoms with Gasteiger partial charge in [0.25, 0.3) is 0 Å². The minimum absolute atomic E-state index is 0.00210. The molecule has 2 N–H and O–H groups in total. The molecular weight excluding hydrogens is 342 g/mol. The summed E-state index contributed by atoms with van der Waals surface area (Å²) in [6.45, 7) is 0. The zero-order chi connectivity index (χ0) is 18.3. The number of nitriles is 1. The molecule has 0 spiro atoms. The first kappa shape index (κ1) is 19.0. The van der Waals surface area contributed by atoms with Crippen LogP contribution in [0.2, 0.25) is 0 Å². The average molecular weight is 363 g/mol. The van der Waals surface area contributed by atoms with E-state index >= 15 is 0 Å². The number of ether oxygens (including phenoxy) is 1. The summed E-state index contributed by atoms with van der Waals surface area (Å²) < 4.78 is 32.0. The van der Waals surface area contributed by atoms with Gasteiger partial charge in [-0.25, -0.2) is 17.9 Å². The molecule has 25 heavy (non-hydrogen) atoms. The fourth-order valence-electron chi connectivity index (χ4n) is 2.64. The quantitative estimate of drug-likeness (QED) is 0.456. The first-order valence-electron chi connectivity index (χ1n) is 8.04. The third-order valence-electron chi connectivity index (χ3n) is 4.00. The van der Waals surface area contributed by atoms with E-state index in [2.05, 4.69) is 14.8 Å². The molecule has 7 nitrogen and oxygen atoms in total. The van der Waals surface area contributed by atoms with E-state index in [0.717, 1.165) is 32.1 Å². The van der Waals surface area contributed by atoms with Crippen molar-refractivity contribution in [2.75, 3.05) is 12.4 Å². The minimum Gasteiger partial charge on any atom is -0.465 e. The fourth-order valence-corrected chi connectivity index (χ4v) is 3.95. The van der Waals surface area contributed by atoms with E-state index in [1.807, 2.05) is 0 Å². The minimum atomic E-state index is -3.55. The second kappa shape index (κ2) is 8.65. The van der Waals surface area contributed by atoms with E-state index in [4.69, 9.17) is 5.26 Å². The van der Waals surface area contributed by atoms with Crippen molar-refractivity contribution in [3.05, 3.63) is 36.0 Å². The third-order valence-corrected chi connectivity index (χ3v) is 5.54.